The first-order valence-electron chi connectivity index (χ1n) is 12.4. The molecule has 1 aliphatic rings. The molecular weight excluding hydrogens is 424 g/mol. The highest BCUT2D eigenvalue weighted by Crippen LogP contribution is 2.30. The lowest BCUT2D eigenvalue weighted by Crippen LogP contribution is -2.40. The molecule has 2 amide bonds. The average molecular weight is 459 g/mol. The second-order valence-electron chi connectivity index (χ2n) is 8.93. The van der Waals surface area contributed by atoms with Crippen LogP contribution in [0.5, 0.6) is 5.75 Å². The third-order valence-electron chi connectivity index (χ3n) is 6.60. The molecule has 0 radical (unpaired) electrons. The zero-order valence-electron chi connectivity index (χ0n) is 20.0. The van der Waals surface area contributed by atoms with Crippen molar-refractivity contribution in [2.45, 2.75) is 51.5 Å². The van der Waals surface area contributed by atoms with E-state index in [0.29, 0.717) is 17.7 Å². The first-order valence-corrected chi connectivity index (χ1v) is 12.4. The van der Waals surface area contributed by atoms with Crippen LogP contribution in [0.15, 0.2) is 60.7 Å². The van der Waals surface area contributed by atoms with E-state index >= 15 is 0 Å². The van der Waals surface area contributed by atoms with Gasteiger partial charge in [-0.05, 0) is 43.0 Å². The molecule has 0 unspecified atom stereocenters. The number of para-hydroxylation sites is 1. The highest BCUT2D eigenvalue weighted by molar-refractivity contribution is 6.25. The molecule has 5 nitrogen and oxygen atoms in total. The summed E-state index contributed by atoms with van der Waals surface area (Å²) in [7, 11) is 1.71. The van der Waals surface area contributed by atoms with Gasteiger partial charge in [0, 0.05) is 35.2 Å². The molecule has 0 saturated carbocycles. The number of carbonyl (C=O) groups is 2. The smallest absolute Gasteiger partial charge is 0.261 e. The van der Waals surface area contributed by atoms with Crippen LogP contribution in [0.25, 0.3) is 10.8 Å². The van der Waals surface area contributed by atoms with Crippen LogP contribution in [0.4, 0.5) is 0 Å². The van der Waals surface area contributed by atoms with Crippen molar-refractivity contribution >= 4 is 22.6 Å². The van der Waals surface area contributed by atoms with Crippen molar-refractivity contribution in [3.63, 3.8) is 0 Å². The lowest BCUT2D eigenvalue weighted by Gasteiger charge is -2.27. The summed E-state index contributed by atoms with van der Waals surface area (Å²) in [5.41, 5.74) is 2.48. The van der Waals surface area contributed by atoms with Crippen LogP contribution in [-0.2, 0) is 6.54 Å². The molecule has 5 heteroatoms. The minimum Gasteiger partial charge on any atom is -0.496 e. The van der Waals surface area contributed by atoms with E-state index in [1.165, 1.54) is 29.7 Å². The average Bonchev–Trinajstić information content (AvgIpc) is 2.87. The molecule has 0 saturated heterocycles. The van der Waals surface area contributed by atoms with E-state index in [1.807, 2.05) is 54.6 Å². The number of methoxy groups -OCH3 is 1. The summed E-state index contributed by atoms with van der Waals surface area (Å²) in [5.74, 6) is 0.620. The second kappa shape index (κ2) is 11.8. The number of nitrogens with zero attached hydrogens (tertiary/aromatic N) is 1. The number of imide groups is 1. The van der Waals surface area contributed by atoms with Gasteiger partial charge in [-0.1, -0.05) is 74.6 Å². The molecular formula is C29H34N2O3. The third kappa shape index (κ3) is 5.48. The van der Waals surface area contributed by atoms with Gasteiger partial charge >= 0.3 is 0 Å². The molecule has 0 spiro atoms. The number of benzene rings is 3. The number of rotatable bonds is 13. The van der Waals surface area contributed by atoms with E-state index in [2.05, 4.69) is 11.4 Å². The molecule has 0 fully saturated rings. The van der Waals surface area contributed by atoms with Crippen LogP contribution >= 0.6 is 0 Å². The lowest BCUT2D eigenvalue weighted by atomic mass is 9.94. The van der Waals surface area contributed by atoms with Crippen LogP contribution in [0.3, 0.4) is 0 Å². The molecule has 178 valence electrons. The zero-order chi connectivity index (χ0) is 23.8. The van der Waals surface area contributed by atoms with Crippen molar-refractivity contribution in [1.82, 2.24) is 10.2 Å². The van der Waals surface area contributed by atoms with Crippen LogP contribution in [0, 0.1) is 0 Å². The lowest BCUT2D eigenvalue weighted by molar-refractivity contribution is 0.0607. The first-order chi connectivity index (χ1) is 16.7. The Morgan fingerprint density at radius 3 is 2.03 bits per heavy atom. The quantitative estimate of drug-likeness (QED) is 0.253. The molecule has 34 heavy (non-hydrogen) atoms. The zero-order valence-corrected chi connectivity index (χ0v) is 20.0. The summed E-state index contributed by atoms with van der Waals surface area (Å²) in [4.78, 5) is 27.3. The van der Waals surface area contributed by atoms with E-state index in [9.17, 15) is 9.59 Å². The van der Waals surface area contributed by atoms with Crippen molar-refractivity contribution in [3.8, 4) is 5.75 Å². The number of hydrogen-bond donors (Lipinski definition) is 1. The minimum absolute atomic E-state index is 0.157. The van der Waals surface area contributed by atoms with Gasteiger partial charge in [0.15, 0.2) is 0 Å². The summed E-state index contributed by atoms with van der Waals surface area (Å²) in [6, 6.07) is 19.5. The van der Waals surface area contributed by atoms with Crippen LogP contribution in [-0.4, -0.2) is 36.9 Å². The first kappa shape index (κ1) is 24.0. The monoisotopic (exact) mass is 458 g/mol. The van der Waals surface area contributed by atoms with Gasteiger partial charge in [-0.2, -0.15) is 0 Å². The minimum atomic E-state index is -0.157. The molecule has 0 aromatic heterocycles. The van der Waals surface area contributed by atoms with E-state index in [0.717, 1.165) is 55.3 Å². The Morgan fingerprint density at radius 2 is 1.35 bits per heavy atom. The molecule has 1 heterocycles. The molecule has 1 N–H and O–H groups in total. The van der Waals surface area contributed by atoms with Gasteiger partial charge in [-0.25, -0.2) is 0 Å². The van der Waals surface area contributed by atoms with Crippen LogP contribution in [0.1, 0.15) is 71.2 Å². The molecule has 3 aromatic carbocycles. The van der Waals surface area contributed by atoms with E-state index < -0.39 is 0 Å². The number of amides is 2. The summed E-state index contributed by atoms with van der Waals surface area (Å²) >= 11 is 0. The Morgan fingerprint density at radius 1 is 0.735 bits per heavy atom. The Bertz CT molecular complexity index is 1090. The van der Waals surface area contributed by atoms with Crippen molar-refractivity contribution < 1.29 is 14.3 Å². The largest absolute Gasteiger partial charge is 0.496 e. The summed E-state index contributed by atoms with van der Waals surface area (Å²) in [6.07, 6.45) is 7.81. The normalized spacial score (nSPS) is 13.0. The molecule has 1 aliphatic heterocycles. The highest BCUT2D eigenvalue weighted by Gasteiger charge is 2.31. The van der Waals surface area contributed by atoms with Gasteiger partial charge in [0.1, 0.15) is 5.75 Å². The SMILES string of the molecule is COc1ccccc1CNCCCCCCCCCN1C(=O)c2cccc3cccc(c23)C1=O. The molecule has 4 rings (SSSR count). The van der Waals surface area contributed by atoms with Gasteiger partial charge in [0.2, 0.25) is 0 Å². The van der Waals surface area contributed by atoms with E-state index in [1.54, 1.807) is 7.11 Å². The number of ether oxygens (including phenoxy) is 1. The standard InChI is InChI=1S/C29H34N2O3/c1-34-26-18-8-7-13-23(26)21-30-19-9-5-3-2-4-6-10-20-31-28(32)24-16-11-14-22-15-12-17-25(27(22)24)29(31)33/h7-8,11-18,30H,2-6,9-10,19-21H2,1H3. The highest BCUT2D eigenvalue weighted by atomic mass is 16.5. The van der Waals surface area contributed by atoms with Crippen LogP contribution < -0.4 is 10.1 Å². The Balaban J connectivity index is 1.10. The van der Waals surface area contributed by atoms with Gasteiger partial charge in [-0.3, -0.25) is 14.5 Å². The van der Waals surface area contributed by atoms with E-state index in [-0.39, 0.29) is 11.8 Å². The summed E-state index contributed by atoms with van der Waals surface area (Å²) < 4.78 is 5.39. The van der Waals surface area contributed by atoms with Crippen molar-refractivity contribution in [2.75, 3.05) is 20.2 Å². The Hall–Kier alpha value is -3.18. The van der Waals surface area contributed by atoms with Gasteiger partial charge < -0.3 is 10.1 Å². The van der Waals surface area contributed by atoms with Crippen molar-refractivity contribution in [1.29, 1.82) is 0 Å². The third-order valence-corrected chi connectivity index (χ3v) is 6.60. The van der Waals surface area contributed by atoms with Crippen molar-refractivity contribution in [2.24, 2.45) is 0 Å². The fourth-order valence-corrected chi connectivity index (χ4v) is 4.76. The Kier molecular flexibility index (Phi) is 8.31. The Labute approximate surface area is 202 Å². The number of nitrogens with one attached hydrogen (secondary N) is 1. The molecule has 3 aromatic rings. The van der Waals surface area contributed by atoms with Crippen LogP contribution in [0.2, 0.25) is 0 Å². The molecule has 0 atom stereocenters. The fourth-order valence-electron chi connectivity index (χ4n) is 4.76. The maximum atomic E-state index is 12.9. The van der Waals surface area contributed by atoms with Gasteiger partial charge in [0.05, 0.1) is 7.11 Å². The van der Waals surface area contributed by atoms with E-state index in [4.69, 9.17) is 4.74 Å². The maximum Gasteiger partial charge on any atom is 0.261 e. The molecule has 0 aliphatic carbocycles. The fraction of sp³-hybridized carbons (Fsp3) is 0.379. The second-order valence-corrected chi connectivity index (χ2v) is 8.93. The number of unbranched alkanes of at least 4 members (excludes halogenated alkanes) is 6. The van der Waals surface area contributed by atoms with Crippen molar-refractivity contribution in [3.05, 3.63) is 77.4 Å². The van der Waals surface area contributed by atoms with Gasteiger partial charge in [0.25, 0.3) is 11.8 Å². The number of hydrogen-bond acceptors (Lipinski definition) is 4. The van der Waals surface area contributed by atoms with Gasteiger partial charge in [-0.15, -0.1) is 0 Å². The summed E-state index contributed by atoms with van der Waals surface area (Å²) in [5, 5.41) is 5.25. The number of carbonyl (C=O) groups excluding carboxylic acids is 2. The molecule has 0 bridgehead atoms. The summed E-state index contributed by atoms with van der Waals surface area (Å²) in [6.45, 7) is 2.33. The predicted octanol–water partition coefficient (Wildman–Crippen LogP) is 5.96. The maximum absolute atomic E-state index is 12.9. The predicted molar refractivity (Wildman–Crippen MR) is 136 cm³/mol. The topological polar surface area (TPSA) is 58.6 Å².